The number of nitrogen functional groups attached to an aromatic ring is 1. The number of pyridine rings is 1. The minimum Gasteiger partial charge on any atom is -0.396 e. The van der Waals surface area contributed by atoms with Crippen molar-refractivity contribution in [3.8, 4) is 11.3 Å². The maximum Gasteiger partial charge on any atom is 0.242 e. The summed E-state index contributed by atoms with van der Waals surface area (Å²) >= 11 is 0. The number of carbonyl (C=O) groups is 1. The Morgan fingerprint density at radius 2 is 1.74 bits per heavy atom. The summed E-state index contributed by atoms with van der Waals surface area (Å²) in [6, 6.07) is 12.3. The van der Waals surface area contributed by atoms with Crippen LogP contribution in [0.15, 0.2) is 67.2 Å². The fourth-order valence-corrected chi connectivity index (χ4v) is 5.03. The highest BCUT2D eigenvalue weighted by molar-refractivity contribution is 5.83. The average molecular weight is 513 g/mol. The highest BCUT2D eigenvalue weighted by atomic mass is 16.2. The minimum absolute atomic E-state index is 0.0548. The van der Waals surface area contributed by atoms with E-state index < -0.39 is 0 Å². The van der Waals surface area contributed by atoms with Crippen molar-refractivity contribution < 1.29 is 4.79 Å². The van der Waals surface area contributed by atoms with E-state index in [9.17, 15) is 4.79 Å². The number of imidazole rings is 1. The number of anilines is 4. The molecule has 9 nitrogen and oxygen atoms in total. The molecule has 0 saturated carbocycles. The lowest BCUT2D eigenvalue weighted by Gasteiger charge is -2.35. The van der Waals surface area contributed by atoms with Crippen molar-refractivity contribution >= 4 is 35.1 Å². The van der Waals surface area contributed by atoms with Gasteiger partial charge in [-0.2, -0.15) is 0 Å². The van der Waals surface area contributed by atoms with E-state index >= 15 is 0 Å². The molecule has 0 radical (unpaired) electrons. The second-order valence-corrected chi connectivity index (χ2v) is 9.60. The van der Waals surface area contributed by atoms with Gasteiger partial charge in [0.05, 0.1) is 12.2 Å². The molecule has 2 aliphatic heterocycles. The van der Waals surface area contributed by atoms with Gasteiger partial charge < -0.3 is 25.8 Å². The molecule has 2 saturated heterocycles. The van der Waals surface area contributed by atoms with Crippen LogP contribution in [0.2, 0.25) is 0 Å². The number of benzene rings is 1. The maximum atomic E-state index is 13.2. The van der Waals surface area contributed by atoms with Crippen LogP contribution in [0, 0.1) is 0 Å². The zero-order valence-corrected chi connectivity index (χ0v) is 22.0. The first-order valence-electron chi connectivity index (χ1n) is 13.3. The van der Waals surface area contributed by atoms with Gasteiger partial charge in [0.15, 0.2) is 5.82 Å². The average Bonchev–Trinajstić information content (AvgIpc) is 3.63. The first-order valence-corrected chi connectivity index (χ1v) is 13.3. The molecule has 38 heavy (non-hydrogen) atoms. The molecule has 1 amide bonds. The molecule has 2 aromatic heterocycles. The number of allylic oxidation sites excluding steroid dienone is 3. The molecule has 2 aliphatic rings. The van der Waals surface area contributed by atoms with Crippen LogP contribution in [-0.2, 0) is 4.79 Å². The van der Waals surface area contributed by atoms with Gasteiger partial charge in [0.1, 0.15) is 17.8 Å². The Morgan fingerprint density at radius 1 is 0.974 bits per heavy atom. The molecule has 0 aliphatic carbocycles. The van der Waals surface area contributed by atoms with Crippen LogP contribution in [0.25, 0.3) is 17.5 Å². The van der Waals surface area contributed by atoms with Gasteiger partial charge in [-0.25, -0.2) is 9.97 Å². The molecule has 4 heterocycles. The van der Waals surface area contributed by atoms with E-state index in [-0.39, 0.29) is 12.5 Å². The molecule has 198 valence electrons. The Balaban J connectivity index is 1.27. The molecule has 3 N–H and O–H groups in total. The van der Waals surface area contributed by atoms with Gasteiger partial charge in [-0.3, -0.25) is 9.36 Å². The molecule has 3 aromatic rings. The summed E-state index contributed by atoms with van der Waals surface area (Å²) in [5.41, 5.74) is 9.84. The third kappa shape index (κ3) is 5.66. The predicted octanol–water partition coefficient (Wildman–Crippen LogP) is 3.94. The van der Waals surface area contributed by atoms with Gasteiger partial charge in [0.2, 0.25) is 5.91 Å². The van der Waals surface area contributed by atoms with Crippen molar-refractivity contribution in [1.29, 1.82) is 0 Å². The third-order valence-electron chi connectivity index (χ3n) is 7.11. The van der Waals surface area contributed by atoms with Crippen molar-refractivity contribution in [1.82, 2.24) is 19.4 Å². The van der Waals surface area contributed by atoms with Crippen molar-refractivity contribution in [2.24, 2.45) is 0 Å². The quantitative estimate of drug-likeness (QED) is 0.442. The number of carbonyl (C=O) groups excluding carboxylic acids is 1. The van der Waals surface area contributed by atoms with Gasteiger partial charge >= 0.3 is 0 Å². The van der Waals surface area contributed by atoms with E-state index in [0.29, 0.717) is 31.9 Å². The van der Waals surface area contributed by atoms with Crippen molar-refractivity contribution in [3.05, 3.63) is 67.2 Å². The number of hydrogen-bond acceptors (Lipinski definition) is 7. The zero-order chi connectivity index (χ0) is 26.3. The largest absolute Gasteiger partial charge is 0.396 e. The smallest absolute Gasteiger partial charge is 0.242 e. The van der Waals surface area contributed by atoms with E-state index in [0.717, 1.165) is 36.0 Å². The second-order valence-electron chi connectivity index (χ2n) is 9.60. The molecule has 0 spiro atoms. The summed E-state index contributed by atoms with van der Waals surface area (Å²) in [5, 5.41) is 3.38. The Labute approximate surface area is 224 Å². The first-order chi connectivity index (χ1) is 18.6. The zero-order valence-electron chi connectivity index (χ0n) is 22.0. The molecular weight excluding hydrogens is 476 g/mol. The lowest BCUT2D eigenvalue weighted by Crippen LogP contribution is -2.50. The molecule has 0 unspecified atom stereocenters. The van der Waals surface area contributed by atoms with Gasteiger partial charge in [-0.15, -0.1) is 0 Å². The van der Waals surface area contributed by atoms with Crippen LogP contribution in [0.1, 0.15) is 19.8 Å². The van der Waals surface area contributed by atoms with E-state index in [1.807, 2.05) is 53.0 Å². The summed E-state index contributed by atoms with van der Waals surface area (Å²) in [6.45, 7) is 7.05. The molecule has 0 bridgehead atoms. The summed E-state index contributed by atoms with van der Waals surface area (Å²) in [7, 11) is 0. The summed E-state index contributed by atoms with van der Waals surface area (Å²) < 4.78 is 1.93. The lowest BCUT2D eigenvalue weighted by molar-refractivity contribution is -0.129. The van der Waals surface area contributed by atoms with E-state index in [4.69, 9.17) is 10.7 Å². The van der Waals surface area contributed by atoms with E-state index in [1.165, 1.54) is 18.5 Å². The topological polar surface area (TPSA) is 95.5 Å². The van der Waals surface area contributed by atoms with E-state index in [2.05, 4.69) is 44.4 Å². The number of nitrogens with two attached hydrogens (primary N) is 1. The van der Waals surface area contributed by atoms with Crippen molar-refractivity contribution in [2.75, 3.05) is 66.7 Å². The van der Waals surface area contributed by atoms with Crippen LogP contribution >= 0.6 is 0 Å². The van der Waals surface area contributed by atoms with Crippen LogP contribution in [0.3, 0.4) is 0 Å². The summed E-state index contributed by atoms with van der Waals surface area (Å²) in [4.78, 5) is 28.7. The van der Waals surface area contributed by atoms with Crippen LogP contribution < -0.4 is 20.9 Å². The summed E-state index contributed by atoms with van der Waals surface area (Å²) in [5.74, 6) is 1.64. The number of aromatic nitrogens is 3. The molecular formula is C29H36N8O. The van der Waals surface area contributed by atoms with Gasteiger partial charge in [-0.05, 0) is 50.1 Å². The third-order valence-corrected chi connectivity index (χ3v) is 7.11. The molecule has 2 fully saturated rings. The number of nitrogens with zero attached hydrogens (tertiary/aromatic N) is 6. The van der Waals surface area contributed by atoms with Crippen LogP contribution in [0.5, 0.6) is 0 Å². The normalized spacial score (nSPS) is 16.2. The number of rotatable bonds is 8. The fraction of sp³-hybridized carbons (Fsp3) is 0.345. The number of nitrogens with one attached hydrogen (secondary N) is 1. The van der Waals surface area contributed by atoms with Gasteiger partial charge in [0, 0.05) is 62.9 Å². The molecule has 0 atom stereocenters. The lowest BCUT2D eigenvalue weighted by atomic mass is 10.1. The van der Waals surface area contributed by atoms with Crippen LogP contribution in [-0.4, -0.2) is 71.2 Å². The number of hydrogen-bond donors (Lipinski definition) is 2. The SMILES string of the molecule is C/C=C\C=C/n1cnc(-c2ccc(N3CCCC3)cc2)c1NCC(=O)N1CCN(c2ncccc2N)CC1. The van der Waals surface area contributed by atoms with Crippen molar-refractivity contribution in [2.45, 2.75) is 19.8 Å². The van der Waals surface area contributed by atoms with Gasteiger partial charge in [0.25, 0.3) is 0 Å². The molecule has 1 aromatic carbocycles. The standard InChI is InChI=1S/C29H36N8O/c1-2-3-4-16-37-22-33-27(23-9-11-24(12-10-23)34-14-5-6-15-34)29(37)32-21-26(38)35-17-19-36(20-18-35)28-25(30)8-7-13-31-28/h2-4,7-13,16,22,32H,5-6,14-15,17-21,30H2,1H3/b3-2-,16-4-. The fourth-order valence-electron chi connectivity index (χ4n) is 5.03. The first kappa shape index (κ1) is 25.4. The van der Waals surface area contributed by atoms with Crippen LogP contribution in [0.4, 0.5) is 23.0 Å². The maximum absolute atomic E-state index is 13.2. The Morgan fingerprint density at radius 3 is 2.45 bits per heavy atom. The monoisotopic (exact) mass is 512 g/mol. The van der Waals surface area contributed by atoms with Gasteiger partial charge in [-0.1, -0.05) is 24.3 Å². The van der Waals surface area contributed by atoms with E-state index in [1.54, 1.807) is 12.5 Å². The molecule has 5 rings (SSSR count). The molecule has 9 heteroatoms. The van der Waals surface area contributed by atoms with Crippen molar-refractivity contribution in [3.63, 3.8) is 0 Å². The Kier molecular flexibility index (Phi) is 7.92. The Bertz CT molecular complexity index is 1280. The number of amides is 1. The second kappa shape index (κ2) is 11.9. The Hall–Kier alpha value is -4.27. The summed E-state index contributed by atoms with van der Waals surface area (Å²) in [6.07, 6.45) is 13.9. The predicted molar refractivity (Wildman–Crippen MR) is 155 cm³/mol. The minimum atomic E-state index is 0.0548. The highest BCUT2D eigenvalue weighted by Crippen LogP contribution is 2.30. The highest BCUT2D eigenvalue weighted by Gasteiger charge is 2.23. The number of piperazine rings is 1.